The SMILES string of the molecule is Cc1ccc(C2=NN[C@@H](c3coc4ccccc4c3=O)C2)cc1. The molecule has 0 unspecified atom stereocenters. The molecule has 2 aromatic carbocycles. The molecule has 4 nitrogen and oxygen atoms in total. The molecule has 0 saturated carbocycles. The Morgan fingerprint density at radius 2 is 1.91 bits per heavy atom. The van der Waals surface area contributed by atoms with Crippen LogP contribution in [0.5, 0.6) is 0 Å². The number of benzene rings is 2. The highest BCUT2D eigenvalue weighted by molar-refractivity contribution is 6.01. The highest BCUT2D eigenvalue weighted by atomic mass is 16.3. The predicted octanol–water partition coefficient (Wildman–Crippen LogP) is 3.54. The van der Waals surface area contributed by atoms with Crippen LogP contribution in [0, 0.1) is 6.92 Å². The van der Waals surface area contributed by atoms with Gasteiger partial charge < -0.3 is 9.84 Å². The minimum atomic E-state index is -0.146. The molecule has 1 atom stereocenters. The number of hydrazone groups is 1. The third-order valence-corrected chi connectivity index (χ3v) is 4.22. The van der Waals surface area contributed by atoms with Crippen LogP contribution in [0.15, 0.2) is 69.1 Å². The fraction of sp³-hybridized carbons (Fsp3) is 0.158. The fourth-order valence-corrected chi connectivity index (χ4v) is 2.88. The van der Waals surface area contributed by atoms with E-state index in [0.29, 0.717) is 23.0 Å². The molecule has 0 spiro atoms. The van der Waals surface area contributed by atoms with Crippen molar-refractivity contribution in [2.45, 2.75) is 19.4 Å². The molecule has 1 aliphatic rings. The lowest BCUT2D eigenvalue weighted by atomic mass is 9.99. The number of rotatable bonds is 2. The lowest BCUT2D eigenvalue weighted by molar-refractivity contribution is 0.552. The number of para-hydroxylation sites is 1. The van der Waals surface area contributed by atoms with Crippen LogP contribution < -0.4 is 10.9 Å². The molecular weight excluding hydrogens is 288 g/mol. The Kier molecular flexibility index (Phi) is 3.23. The Balaban J connectivity index is 1.65. The van der Waals surface area contributed by atoms with Crippen molar-refractivity contribution in [3.05, 3.63) is 81.7 Å². The summed E-state index contributed by atoms with van der Waals surface area (Å²) >= 11 is 0. The fourth-order valence-electron chi connectivity index (χ4n) is 2.88. The largest absolute Gasteiger partial charge is 0.464 e. The van der Waals surface area contributed by atoms with Gasteiger partial charge in [-0.1, -0.05) is 42.0 Å². The van der Waals surface area contributed by atoms with Gasteiger partial charge in [0.05, 0.1) is 22.7 Å². The lowest BCUT2D eigenvalue weighted by Crippen LogP contribution is -2.19. The van der Waals surface area contributed by atoms with E-state index >= 15 is 0 Å². The summed E-state index contributed by atoms with van der Waals surface area (Å²) in [6, 6.07) is 15.4. The van der Waals surface area contributed by atoms with Gasteiger partial charge in [0.1, 0.15) is 11.8 Å². The maximum absolute atomic E-state index is 12.7. The van der Waals surface area contributed by atoms with E-state index < -0.39 is 0 Å². The first-order valence-corrected chi connectivity index (χ1v) is 7.62. The van der Waals surface area contributed by atoms with Gasteiger partial charge in [-0.2, -0.15) is 5.10 Å². The minimum Gasteiger partial charge on any atom is -0.464 e. The highest BCUT2D eigenvalue weighted by Gasteiger charge is 2.24. The van der Waals surface area contributed by atoms with Gasteiger partial charge in [0.2, 0.25) is 0 Å². The molecule has 0 amide bonds. The van der Waals surface area contributed by atoms with E-state index in [1.54, 1.807) is 18.4 Å². The smallest absolute Gasteiger partial charge is 0.198 e. The second-order valence-corrected chi connectivity index (χ2v) is 5.83. The standard InChI is InChI=1S/C19H16N2O2/c1-12-6-8-13(9-7-12)16-10-17(21-20-16)15-11-23-18-5-3-2-4-14(18)19(15)22/h2-9,11,17,21H,10H2,1H3/t17-/m1/s1. The zero-order valence-electron chi connectivity index (χ0n) is 12.7. The van der Waals surface area contributed by atoms with Crippen molar-refractivity contribution in [3.63, 3.8) is 0 Å². The van der Waals surface area contributed by atoms with Crippen LogP contribution in [0.25, 0.3) is 11.0 Å². The summed E-state index contributed by atoms with van der Waals surface area (Å²) < 4.78 is 5.60. The van der Waals surface area contributed by atoms with Crippen LogP contribution >= 0.6 is 0 Å². The Labute approximate surface area is 133 Å². The third kappa shape index (κ3) is 2.42. The molecule has 1 aliphatic heterocycles. The lowest BCUT2D eigenvalue weighted by Gasteiger charge is -2.09. The molecule has 0 bridgehead atoms. The number of hydrogen-bond acceptors (Lipinski definition) is 4. The molecule has 23 heavy (non-hydrogen) atoms. The molecule has 0 radical (unpaired) electrons. The van der Waals surface area contributed by atoms with Gasteiger partial charge in [0, 0.05) is 6.42 Å². The Bertz CT molecular complexity index is 955. The summed E-state index contributed by atoms with van der Waals surface area (Å²) in [6.07, 6.45) is 2.22. The van der Waals surface area contributed by atoms with Gasteiger partial charge in [-0.25, -0.2) is 0 Å². The van der Waals surface area contributed by atoms with E-state index in [4.69, 9.17) is 4.42 Å². The van der Waals surface area contributed by atoms with Crippen LogP contribution in [0.4, 0.5) is 0 Å². The number of hydrogen-bond donors (Lipinski definition) is 1. The van der Waals surface area contributed by atoms with Gasteiger partial charge in [0.15, 0.2) is 5.43 Å². The summed E-state index contributed by atoms with van der Waals surface area (Å²) in [5.41, 5.74) is 7.56. The molecule has 0 fully saturated rings. The molecule has 4 heteroatoms. The van der Waals surface area contributed by atoms with Crippen LogP contribution in [-0.2, 0) is 0 Å². The van der Waals surface area contributed by atoms with E-state index in [1.807, 2.05) is 12.1 Å². The predicted molar refractivity (Wildman–Crippen MR) is 90.7 cm³/mol. The Morgan fingerprint density at radius 3 is 2.74 bits per heavy atom. The van der Waals surface area contributed by atoms with Crippen LogP contribution in [-0.4, -0.2) is 5.71 Å². The van der Waals surface area contributed by atoms with Crippen LogP contribution in [0.1, 0.15) is 29.2 Å². The van der Waals surface area contributed by atoms with E-state index in [-0.39, 0.29) is 11.5 Å². The van der Waals surface area contributed by atoms with Crippen LogP contribution in [0.2, 0.25) is 0 Å². The van der Waals surface area contributed by atoms with E-state index in [9.17, 15) is 4.79 Å². The average molecular weight is 304 g/mol. The molecule has 114 valence electrons. The molecule has 0 aliphatic carbocycles. The molecule has 1 aromatic heterocycles. The summed E-state index contributed by atoms with van der Waals surface area (Å²) in [6.45, 7) is 2.06. The van der Waals surface area contributed by atoms with Crippen molar-refractivity contribution in [2.24, 2.45) is 5.10 Å². The van der Waals surface area contributed by atoms with E-state index in [0.717, 1.165) is 11.3 Å². The van der Waals surface area contributed by atoms with Crippen molar-refractivity contribution in [2.75, 3.05) is 0 Å². The number of aryl methyl sites for hydroxylation is 1. The second-order valence-electron chi connectivity index (χ2n) is 5.83. The first-order valence-electron chi connectivity index (χ1n) is 7.62. The molecule has 2 heterocycles. The van der Waals surface area contributed by atoms with Crippen molar-refractivity contribution in [3.8, 4) is 0 Å². The normalized spacial score (nSPS) is 17.1. The number of fused-ring (bicyclic) bond motifs is 1. The minimum absolute atomic E-state index is 0.00436. The average Bonchev–Trinajstić information content (AvgIpc) is 3.06. The molecule has 3 aromatic rings. The van der Waals surface area contributed by atoms with E-state index in [1.165, 1.54) is 5.56 Å². The summed E-state index contributed by atoms with van der Waals surface area (Å²) in [5.74, 6) is 0. The zero-order valence-corrected chi connectivity index (χ0v) is 12.7. The Morgan fingerprint density at radius 1 is 1.13 bits per heavy atom. The van der Waals surface area contributed by atoms with Gasteiger partial charge in [-0.15, -0.1) is 0 Å². The Hall–Kier alpha value is -2.88. The van der Waals surface area contributed by atoms with Crippen LogP contribution in [0.3, 0.4) is 0 Å². The summed E-state index contributed by atoms with van der Waals surface area (Å²) in [5, 5.41) is 5.01. The van der Waals surface area contributed by atoms with Crippen molar-refractivity contribution >= 4 is 16.7 Å². The van der Waals surface area contributed by atoms with Gasteiger partial charge in [-0.3, -0.25) is 4.79 Å². The summed E-state index contributed by atoms with van der Waals surface area (Å²) in [4.78, 5) is 12.7. The van der Waals surface area contributed by atoms with Gasteiger partial charge >= 0.3 is 0 Å². The van der Waals surface area contributed by atoms with E-state index in [2.05, 4.69) is 41.7 Å². The molecule has 0 saturated heterocycles. The number of nitrogens with zero attached hydrogens (tertiary/aromatic N) is 1. The first kappa shape index (κ1) is 13.8. The van der Waals surface area contributed by atoms with Crippen molar-refractivity contribution in [1.82, 2.24) is 5.43 Å². The molecule has 1 N–H and O–H groups in total. The second kappa shape index (κ2) is 5.39. The zero-order chi connectivity index (χ0) is 15.8. The van der Waals surface area contributed by atoms with Gasteiger partial charge in [0.25, 0.3) is 0 Å². The maximum Gasteiger partial charge on any atom is 0.198 e. The number of nitrogens with one attached hydrogen (secondary N) is 1. The first-order chi connectivity index (χ1) is 11.2. The van der Waals surface area contributed by atoms with Crippen molar-refractivity contribution < 1.29 is 4.42 Å². The molecular formula is C19H16N2O2. The highest BCUT2D eigenvalue weighted by Crippen LogP contribution is 2.24. The monoisotopic (exact) mass is 304 g/mol. The summed E-state index contributed by atoms with van der Waals surface area (Å²) in [7, 11) is 0. The maximum atomic E-state index is 12.7. The van der Waals surface area contributed by atoms with Gasteiger partial charge in [-0.05, 0) is 24.6 Å². The van der Waals surface area contributed by atoms with Crippen molar-refractivity contribution in [1.29, 1.82) is 0 Å². The topological polar surface area (TPSA) is 54.6 Å². The molecule has 4 rings (SSSR count). The quantitative estimate of drug-likeness (QED) is 0.788. The third-order valence-electron chi connectivity index (χ3n) is 4.22.